The van der Waals surface area contributed by atoms with E-state index in [1.54, 1.807) is 19.4 Å². The number of carbonyl (C=O) groups is 1. The standard InChI is InChI=1S/C20H16N4O3/c1-24(12-16-11-18(22-27-16)14-7-9-21-10-8-14)20(25)17-13-26-23-19(17)15-5-3-2-4-6-15/h2-11,13H,12H2,1H3. The van der Waals surface area contributed by atoms with E-state index in [0.29, 0.717) is 22.7 Å². The van der Waals surface area contributed by atoms with Crippen LogP contribution >= 0.6 is 0 Å². The minimum absolute atomic E-state index is 0.211. The Labute approximate surface area is 155 Å². The monoisotopic (exact) mass is 360 g/mol. The lowest BCUT2D eigenvalue weighted by atomic mass is 10.1. The van der Waals surface area contributed by atoms with Crippen LogP contribution in [0.5, 0.6) is 0 Å². The van der Waals surface area contributed by atoms with Gasteiger partial charge >= 0.3 is 0 Å². The van der Waals surface area contributed by atoms with Gasteiger partial charge in [0.2, 0.25) is 0 Å². The molecule has 0 radical (unpaired) electrons. The first-order valence-electron chi connectivity index (χ1n) is 8.33. The van der Waals surface area contributed by atoms with Gasteiger partial charge in [-0.3, -0.25) is 9.78 Å². The van der Waals surface area contributed by atoms with E-state index in [-0.39, 0.29) is 12.5 Å². The summed E-state index contributed by atoms with van der Waals surface area (Å²) in [6, 6.07) is 14.9. The first kappa shape index (κ1) is 16.7. The minimum atomic E-state index is -0.211. The fourth-order valence-corrected chi connectivity index (χ4v) is 2.75. The molecule has 4 rings (SSSR count). The van der Waals surface area contributed by atoms with E-state index in [1.165, 1.54) is 11.2 Å². The summed E-state index contributed by atoms with van der Waals surface area (Å²) in [4.78, 5) is 18.4. The van der Waals surface area contributed by atoms with E-state index in [4.69, 9.17) is 9.05 Å². The van der Waals surface area contributed by atoms with Crippen LogP contribution in [0, 0.1) is 0 Å². The smallest absolute Gasteiger partial charge is 0.259 e. The molecule has 7 heteroatoms. The molecule has 1 amide bonds. The molecule has 0 aliphatic heterocycles. The Bertz CT molecular complexity index is 1040. The third-order valence-corrected chi connectivity index (χ3v) is 4.12. The molecule has 7 nitrogen and oxygen atoms in total. The van der Waals surface area contributed by atoms with Crippen LogP contribution in [-0.4, -0.2) is 33.2 Å². The molecule has 0 N–H and O–H groups in total. The first-order chi connectivity index (χ1) is 13.2. The highest BCUT2D eigenvalue weighted by atomic mass is 16.5. The van der Waals surface area contributed by atoms with Crippen molar-refractivity contribution >= 4 is 5.91 Å². The molecule has 0 fully saturated rings. The zero-order chi connectivity index (χ0) is 18.6. The lowest BCUT2D eigenvalue weighted by molar-refractivity contribution is 0.0772. The minimum Gasteiger partial charge on any atom is -0.363 e. The summed E-state index contributed by atoms with van der Waals surface area (Å²) >= 11 is 0. The highest BCUT2D eigenvalue weighted by molar-refractivity contribution is 5.99. The lowest BCUT2D eigenvalue weighted by Crippen LogP contribution is -2.26. The molecule has 0 atom stereocenters. The quantitative estimate of drug-likeness (QED) is 0.540. The molecule has 0 spiro atoms. The predicted molar refractivity (Wildman–Crippen MR) is 97.5 cm³/mol. The molecule has 0 unspecified atom stereocenters. The summed E-state index contributed by atoms with van der Waals surface area (Å²) in [5.74, 6) is 0.368. The van der Waals surface area contributed by atoms with E-state index >= 15 is 0 Å². The Hall–Kier alpha value is -3.74. The molecular weight excluding hydrogens is 344 g/mol. The summed E-state index contributed by atoms with van der Waals surface area (Å²) in [6.45, 7) is 0.274. The van der Waals surface area contributed by atoms with Gasteiger partial charge in [-0.2, -0.15) is 0 Å². The van der Waals surface area contributed by atoms with Gasteiger partial charge < -0.3 is 13.9 Å². The van der Waals surface area contributed by atoms with E-state index in [2.05, 4.69) is 15.3 Å². The maximum absolute atomic E-state index is 12.8. The molecule has 0 bridgehead atoms. The van der Waals surface area contributed by atoms with Crippen LogP contribution in [-0.2, 0) is 6.54 Å². The van der Waals surface area contributed by atoms with Crippen LogP contribution in [0.3, 0.4) is 0 Å². The zero-order valence-corrected chi connectivity index (χ0v) is 14.6. The Morgan fingerprint density at radius 2 is 1.81 bits per heavy atom. The molecule has 1 aromatic carbocycles. The molecule has 134 valence electrons. The molecule has 27 heavy (non-hydrogen) atoms. The summed E-state index contributed by atoms with van der Waals surface area (Å²) < 4.78 is 10.4. The van der Waals surface area contributed by atoms with Crippen molar-refractivity contribution in [3.8, 4) is 22.5 Å². The summed E-state index contributed by atoms with van der Waals surface area (Å²) in [5.41, 5.74) is 3.34. The van der Waals surface area contributed by atoms with Gasteiger partial charge in [0.1, 0.15) is 23.2 Å². The molecule has 0 saturated carbocycles. The number of pyridine rings is 1. The molecule has 3 aromatic heterocycles. The van der Waals surface area contributed by atoms with Crippen LogP contribution in [0.4, 0.5) is 0 Å². The van der Waals surface area contributed by atoms with E-state index in [1.807, 2.05) is 48.5 Å². The fourth-order valence-electron chi connectivity index (χ4n) is 2.75. The zero-order valence-electron chi connectivity index (χ0n) is 14.6. The van der Waals surface area contributed by atoms with Crippen LogP contribution in [0.2, 0.25) is 0 Å². The SMILES string of the molecule is CN(Cc1cc(-c2ccncc2)no1)C(=O)c1conc1-c1ccccc1. The molecule has 0 saturated heterocycles. The van der Waals surface area contributed by atoms with Crippen molar-refractivity contribution in [2.24, 2.45) is 0 Å². The Morgan fingerprint density at radius 1 is 1.04 bits per heavy atom. The average Bonchev–Trinajstić information content (AvgIpc) is 3.38. The second-order valence-corrected chi connectivity index (χ2v) is 6.02. The third kappa shape index (κ3) is 3.48. The Kier molecular flexibility index (Phi) is 4.49. The normalized spacial score (nSPS) is 10.7. The third-order valence-electron chi connectivity index (χ3n) is 4.12. The highest BCUT2D eigenvalue weighted by Crippen LogP contribution is 2.24. The molecule has 0 aliphatic carbocycles. The maximum atomic E-state index is 12.8. The van der Waals surface area contributed by atoms with Crippen LogP contribution in [0.1, 0.15) is 16.1 Å². The van der Waals surface area contributed by atoms with Crippen LogP contribution in [0.15, 0.2) is 76.2 Å². The van der Waals surface area contributed by atoms with Gasteiger partial charge in [-0.05, 0) is 12.1 Å². The number of hydrogen-bond donors (Lipinski definition) is 0. The van der Waals surface area contributed by atoms with Crippen molar-refractivity contribution in [2.45, 2.75) is 6.54 Å². The fraction of sp³-hybridized carbons (Fsp3) is 0.100. The maximum Gasteiger partial charge on any atom is 0.259 e. The Morgan fingerprint density at radius 3 is 2.59 bits per heavy atom. The van der Waals surface area contributed by atoms with Gasteiger partial charge in [0.15, 0.2) is 5.76 Å². The van der Waals surface area contributed by atoms with Crippen molar-refractivity contribution in [2.75, 3.05) is 7.05 Å². The van der Waals surface area contributed by atoms with Gasteiger partial charge in [0, 0.05) is 36.6 Å². The molecular formula is C20H16N4O3. The first-order valence-corrected chi connectivity index (χ1v) is 8.33. The number of nitrogens with zero attached hydrogens (tertiary/aromatic N) is 4. The van der Waals surface area contributed by atoms with Crippen LogP contribution < -0.4 is 0 Å². The van der Waals surface area contributed by atoms with Gasteiger partial charge in [0.25, 0.3) is 5.91 Å². The van der Waals surface area contributed by atoms with Crippen molar-refractivity contribution in [3.63, 3.8) is 0 Å². The van der Waals surface area contributed by atoms with E-state index in [0.717, 1.165) is 11.1 Å². The number of amides is 1. The number of aromatic nitrogens is 3. The number of carbonyl (C=O) groups excluding carboxylic acids is 1. The van der Waals surface area contributed by atoms with E-state index < -0.39 is 0 Å². The highest BCUT2D eigenvalue weighted by Gasteiger charge is 2.22. The second-order valence-electron chi connectivity index (χ2n) is 6.02. The summed E-state index contributed by atoms with van der Waals surface area (Å²) in [6.07, 6.45) is 4.75. The summed E-state index contributed by atoms with van der Waals surface area (Å²) in [7, 11) is 1.69. The van der Waals surface area contributed by atoms with Gasteiger partial charge in [-0.15, -0.1) is 0 Å². The van der Waals surface area contributed by atoms with Gasteiger partial charge in [0.05, 0.1) is 6.54 Å². The van der Waals surface area contributed by atoms with Gasteiger partial charge in [-0.1, -0.05) is 40.6 Å². The lowest BCUT2D eigenvalue weighted by Gasteiger charge is -2.14. The predicted octanol–water partition coefficient (Wildman–Crippen LogP) is 3.66. The average molecular weight is 360 g/mol. The van der Waals surface area contributed by atoms with Crippen molar-refractivity contribution in [3.05, 3.63) is 78.5 Å². The number of hydrogen-bond acceptors (Lipinski definition) is 6. The molecule has 0 aliphatic rings. The van der Waals surface area contributed by atoms with Gasteiger partial charge in [-0.25, -0.2) is 0 Å². The summed E-state index contributed by atoms with van der Waals surface area (Å²) in [5, 5.41) is 8.03. The Balaban J connectivity index is 1.51. The van der Waals surface area contributed by atoms with Crippen molar-refractivity contribution in [1.82, 2.24) is 20.2 Å². The van der Waals surface area contributed by atoms with Crippen molar-refractivity contribution < 1.29 is 13.8 Å². The topological polar surface area (TPSA) is 85.3 Å². The molecule has 4 aromatic rings. The molecule has 3 heterocycles. The van der Waals surface area contributed by atoms with Crippen molar-refractivity contribution in [1.29, 1.82) is 0 Å². The number of benzene rings is 1. The largest absolute Gasteiger partial charge is 0.363 e. The van der Waals surface area contributed by atoms with Crippen LogP contribution in [0.25, 0.3) is 22.5 Å². The number of rotatable bonds is 5. The second kappa shape index (κ2) is 7.25. The van der Waals surface area contributed by atoms with E-state index in [9.17, 15) is 4.79 Å².